The molecular weight excluding hydrogens is 238 g/mol. The summed E-state index contributed by atoms with van der Waals surface area (Å²) in [4.78, 5) is 12.1. The Labute approximate surface area is 112 Å². The van der Waals surface area contributed by atoms with Crippen LogP contribution in [0.4, 0.5) is 0 Å². The SMILES string of the molecule is Cc1ccccc1Cn1nc2c(cc1=O)CNCC2. The van der Waals surface area contributed by atoms with Gasteiger partial charge in [0, 0.05) is 25.6 Å². The Bertz CT molecular complexity index is 661. The van der Waals surface area contributed by atoms with E-state index in [1.54, 1.807) is 10.7 Å². The molecule has 0 saturated heterocycles. The van der Waals surface area contributed by atoms with Gasteiger partial charge in [-0.15, -0.1) is 0 Å². The van der Waals surface area contributed by atoms with Crippen LogP contribution >= 0.6 is 0 Å². The van der Waals surface area contributed by atoms with Crippen molar-refractivity contribution in [3.63, 3.8) is 0 Å². The highest BCUT2D eigenvalue weighted by atomic mass is 16.1. The molecule has 0 atom stereocenters. The van der Waals surface area contributed by atoms with Crippen LogP contribution in [0.1, 0.15) is 22.4 Å². The minimum absolute atomic E-state index is 0.0225. The van der Waals surface area contributed by atoms with Crippen molar-refractivity contribution in [3.8, 4) is 0 Å². The molecule has 19 heavy (non-hydrogen) atoms. The average molecular weight is 255 g/mol. The summed E-state index contributed by atoms with van der Waals surface area (Å²) in [6.07, 6.45) is 0.892. The van der Waals surface area contributed by atoms with Crippen molar-refractivity contribution >= 4 is 0 Å². The van der Waals surface area contributed by atoms with Gasteiger partial charge in [-0.3, -0.25) is 4.79 Å². The number of nitrogens with zero attached hydrogens (tertiary/aromatic N) is 2. The highest BCUT2D eigenvalue weighted by Crippen LogP contribution is 2.10. The minimum Gasteiger partial charge on any atom is -0.312 e. The number of benzene rings is 1. The van der Waals surface area contributed by atoms with E-state index in [2.05, 4.69) is 23.4 Å². The topological polar surface area (TPSA) is 46.9 Å². The van der Waals surface area contributed by atoms with Crippen LogP contribution in [0.5, 0.6) is 0 Å². The van der Waals surface area contributed by atoms with E-state index in [0.29, 0.717) is 6.54 Å². The Balaban J connectivity index is 1.97. The molecule has 3 rings (SSSR count). The lowest BCUT2D eigenvalue weighted by molar-refractivity contribution is 0.562. The molecule has 0 saturated carbocycles. The Hall–Kier alpha value is -1.94. The zero-order valence-corrected chi connectivity index (χ0v) is 11.0. The van der Waals surface area contributed by atoms with E-state index in [0.717, 1.165) is 36.3 Å². The first kappa shape index (κ1) is 12.1. The molecule has 0 amide bonds. The van der Waals surface area contributed by atoms with Crippen molar-refractivity contribution in [3.05, 3.63) is 63.1 Å². The van der Waals surface area contributed by atoms with Gasteiger partial charge in [0.2, 0.25) is 0 Å². The molecular formula is C15H17N3O. The Kier molecular flexibility index (Phi) is 3.17. The molecule has 0 bridgehead atoms. The molecule has 1 N–H and O–H groups in total. The molecule has 1 aliphatic rings. The number of nitrogens with one attached hydrogen (secondary N) is 1. The molecule has 1 aliphatic heterocycles. The van der Waals surface area contributed by atoms with Crippen molar-refractivity contribution in [1.82, 2.24) is 15.1 Å². The van der Waals surface area contributed by atoms with Crippen molar-refractivity contribution in [2.45, 2.75) is 26.4 Å². The van der Waals surface area contributed by atoms with Crippen molar-refractivity contribution in [1.29, 1.82) is 0 Å². The largest absolute Gasteiger partial charge is 0.312 e. The first-order valence-electron chi connectivity index (χ1n) is 6.59. The fourth-order valence-electron chi connectivity index (χ4n) is 2.42. The van der Waals surface area contributed by atoms with Crippen LogP contribution in [0, 0.1) is 6.92 Å². The number of aryl methyl sites for hydroxylation is 1. The molecule has 1 aromatic heterocycles. The lowest BCUT2D eigenvalue weighted by atomic mass is 10.1. The van der Waals surface area contributed by atoms with Gasteiger partial charge < -0.3 is 5.32 Å². The lowest BCUT2D eigenvalue weighted by Crippen LogP contribution is -2.32. The third-order valence-electron chi connectivity index (χ3n) is 3.60. The van der Waals surface area contributed by atoms with Crippen LogP contribution in [0.15, 0.2) is 35.1 Å². The summed E-state index contributed by atoms with van der Waals surface area (Å²) in [6, 6.07) is 9.82. The maximum atomic E-state index is 12.1. The Morgan fingerprint density at radius 1 is 1.37 bits per heavy atom. The third-order valence-corrected chi connectivity index (χ3v) is 3.60. The van der Waals surface area contributed by atoms with Gasteiger partial charge in [0.25, 0.3) is 5.56 Å². The second-order valence-corrected chi connectivity index (χ2v) is 4.97. The van der Waals surface area contributed by atoms with Crippen LogP contribution in [0.2, 0.25) is 0 Å². The number of fused-ring (bicyclic) bond motifs is 1. The minimum atomic E-state index is -0.0225. The fourth-order valence-corrected chi connectivity index (χ4v) is 2.42. The second kappa shape index (κ2) is 4.97. The van der Waals surface area contributed by atoms with E-state index in [1.165, 1.54) is 5.56 Å². The summed E-state index contributed by atoms with van der Waals surface area (Å²) in [5.41, 5.74) is 4.40. The van der Waals surface area contributed by atoms with Gasteiger partial charge >= 0.3 is 0 Å². The van der Waals surface area contributed by atoms with Crippen molar-refractivity contribution in [2.75, 3.05) is 6.54 Å². The maximum absolute atomic E-state index is 12.1. The predicted molar refractivity (Wildman–Crippen MR) is 74.2 cm³/mol. The van der Waals surface area contributed by atoms with Gasteiger partial charge in [-0.25, -0.2) is 4.68 Å². The smallest absolute Gasteiger partial charge is 0.267 e. The van der Waals surface area contributed by atoms with Gasteiger partial charge in [-0.05, 0) is 23.6 Å². The lowest BCUT2D eigenvalue weighted by Gasteiger charge is -2.17. The molecule has 0 aliphatic carbocycles. The van der Waals surface area contributed by atoms with Crippen molar-refractivity contribution < 1.29 is 0 Å². The van der Waals surface area contributed by atoms with Gasteiger partial charge in [-0.1, -0.05) is 24.3 Å². The van der Waals surface area contributed by atoms with Crippen LogP contribution in [-0.2, 0) is 19.5 Å². The molecule has 98 valence electrons. The van der Waals surface area contributed by atoms with Crippen LogP contribution in [0.25, 0.3) is 0 Å². The van der Waals surface area contributed by atoms with Crippen molar-refractivity contribution in [2.24, 2.45) is 0 Å². The van der Waals surface area contributed by atoms with E-state index in [9.17, 15) is 4.79 Å². The molecule has 0 unspecified atom stereocenters. The molecule has 0 fully saturated rings. The van der Waals surface area contributed by atoms with Gasteiger partial charge in [0.1, 0.15) is 0 Å². The van der Waals surface area contributed by atoms with E-state index in [-0.39, 0.29) is 5.56 Å². The summed E-state index contributed by atoms with van der Waals surface area (Å²) in [6.45, 7) is 4.29. The van der Waals surface area contributed by atoms with E-state index < -0.39 is 0 Å². The van der Waals surface area contributed by atoms with E-state index in [1.807, 2.05) is 18.2 Å². The van der Waals surface area contributed by atoms with Gasteiger partial charge in [0.15, 0.2) is 0 Å². The quantitative estimate of drug-likeness (QED) is 0.878. The molecule has 2 heterocycles. The number of hydrogen-bond donors (Lipinski definition) is 1. The van der Waals surface area contributed by atoms with Crippen LogP contribution < -0.4 is 10.9 Å². The Morgan fingerprint density at radius 3 is 3.05 bits per heavy atom. The normalized spacial score (nSPS) is 14.2. The third kappa shape index (κ3) is 2.44. The summed E-state index contributed by atoms with van der Waals surface area (Å²) in [7, 11) is 0. The number of hydrogen-bond acceptors (Lipinski definition) is 3. The average Bonchev–Trinajstić information content (AvgIpc) is 2.42. The second-order valence-electron chi connectivity index (χ2n) is 4.97. The number of aromatic nitrogens is 2. The molecule has 0 spiro atoms. The monoisotopic (exact) mass is 255 g/mol. The van der Waals surface area contributed by atoms with E-state index >= 15 is 0 Å². The summed E-state index contributed by atoms with van der Waals surface area (Å²) in [5, 5.41) is 7.77. The first-order chi connectivity index (χ1) is 9.24. The highest BCUT2D eigenvalue weighted by molar-refractivity contribution is 5.26. The number of rotatable bonds is 2. The fraction of sp³-hybridized carbons (Fsp3) is 0.333. The summed E-state index contributed by atoms with van der Waals surface area (Å²) in [5.74, 6) is 0. The highest BCUT2D eigenvalue weighted by Gasteiger charge is 2.13. The maximum Gasteiger partial charge on any atom is 0.267 e. The van der Waals surface area contributed by atoms with E-state index in [4.69, 9.17) is 0 Å². The standard InChI is InChI=1S/C15H17N3O/c1-11-4-2-3-5-12(11)10-18-15(19)8-13-9-16-7-6-14(13)17-18/h2-5,8,16H,6-7,9-10H2,1H3. The first-order valence-corrected chi connectivity index (χ1v) is 6.59. The van der Waals surface area contributed by atoms with Gasteiger partial charge in [-0.2, -0.15) is 5.10 Å². The molecule has 1 aromatic carbocycles. The molecule has 4 heteroatoms. The van der Waals surface area contributed by atoms with Crippen LogP contribution in [-0.4, -0.2) is 16.3 Å². The molecule has 2 aromatic rings. The Morgan fingerprint density at radius 2 is 2.21 bits per heavy atom. The predicted octanol–water partition coefficient (Wildman–Crippen LogP) is 1.25. The zero-order valence-electron chi connectivity index (χ0n) is 11.0. The summed E-state index contributed by atoms with van der Waals surface area (Å²) >= 11 is 0. The zero-order chi connectivity index (χ0) is 13.2. The summed E-state index contributed by atoms with van der Waals surface area (Å²) < 4.78 is 1.58. The molecule has 4 nitrogen and oxygen atoms in total. The molecule has 0 radical (unpaired) electrons. The van der Waals surface area contributed by atoms with Crippen LogP contribution in [0.3, 0.4) is 0 Å². The van der Waals surface area contributed by atoms with Gasteiger partial charge in [0.05, 0.1) is 12.2 Å².